The molecule has 2 nitrogen and oxygen atoms in total. The minimum Gasteiger partial charge on any atom is -0.329 e. The van der Waals surface area contributed by atoms with Gasteiger partial charge in [0.2, 0.25) is 5.78 Å². The van der Waals surface area contributed by atoms with Gasteiger partial charge in [0.1, 0.15) is 0 Å². The summed E-state index contributed by atoms with van der Waals surface area (Å²) in [4.78, 5) is 13.2. The van der Waals surface area contributed by atoms with Gasteiger partial charge in [-0.1, -0.05) is 34.8 Å². The van der Waals surface area contributed by atoms with E-state index in [0.717, 1.165) is 6.07 Å². The number of carbonyl (C=O) groups is 1. The van der Waals surface area contributed by atoms with E-state index in [4.69, 9.17) is 34.8 Å². The summed E-state index contributed by atoms with van der Waals surface area (Å²) in [5.41, 5.74) is -0.0625. The quantitative estimate of drug-likeness (QED) is 0.584. The Morgan fingerprint density at radius 1 is 1.42 bits per heavy atom. The largest absolute Gasteiger partial charge is 0.329 e. The third kappa shape index (κ3) is 2.12. The second kappa shape index (κ2) is 3.24. The molecule has 0 fully saturated rings. The van der Waals surface area contributed by atoms with Crippen LogP contribution in [0.15, 0.2) is 12.1 Å². The predicted octanol–water partition coefficient (Wildman–Crippen LogP) is 2.71. The summed E-state index contributed by atoms with van der Waals surface area (Å²) in [6, 6.07) is 2.28. The highest BCUT2D eigenvalue weighted by Crippen LogP contribution is 2.29. The Labute approximate surface area is 82.6 Å². The fourth-order valence-electron chi connectivity index (χ4n) is 0.654. The summed E-state index contributed by atoms with van der Waals surface area (Å²) in [5.74, 6) is -1.43. The van der Waals surface area contributed by atoms with E-state index in [2.05, 4.69) is 4.98 Å². The number of hydrogen-bond donors (Lipinski definition) is 1. The summed E-state index contributed by atoms with van der Waals surface area (Å²) >= 11 is 15.8. The zero-order valence-corrected chi connectivity index (χ0v) is 7.84. The summed E-state index contributed by atoms with van der Waals surface area (Å²) in [6.45, 7) is 0. The second-order valence-corrected chi connectivity index (χ2v) is 4.33. The van der Waals surface area contributed by atoms with Crippen LogP contribution in [0.25, 0.3) is 0 Å². The molecule has 0 aliphatic carbocycles. The number of hydrogen-bond acceptors (Lipinski definition) is 1. The lowest BCUT2D eigenvalue weighted by Gasteiger charge is -2.06. The Bertz CT molecular complexity index is 304. The van der Waals surface area contributed by atoms with Gasteiger partial charge < -0.3 is 4.98 Å². The summed E-state index contributed by atoms with van der Waals surface area (Å²) in [7, 11) is 0. The van der Waals surface area contributed by atoms with E-state index in [-0.39, 0.29) is 5.69 Å². The van der Waals surface area contributed by atoms with Crippen LogP contribution in [0.2, 0.25) is 0 Å². The van der Waals surface area contributed by atoms with Crippen molar-refractivity contribution in [1.82, 2.24) is 4.98 Å². The van der Waals surface area contributed by atoms with Gasteiger partial charge in [-0.2, -0.15) is 4.39 Å². The minimum atomic E-state index is -2.04. The molecule has 1 aromatic rings. The lowest BCUT2D eigenvalue weighted by Crippen LogP contribution is -2.19. The summed E-state index contributed by atoms with van der Waals surface area (Å²) < 4.78 is 10.3. The smallest absolute Gasteiger partial charge is 0.254 e. The van der Waals surface area contributed by atoms with Crippen LogP contribution >= 0.6 is 34.8 Å². The molecule has 1 rings (SSSR count). The van der Waals surface area contributed by atoms with Crippen molar-refractivity contribution >= 4 is 40.6 Å². The number of aromatic nitrogens is 1. The van der Waals surface area contributed by atoms with Gasteiger partial charge in [0.05, 0.1) is 5.69 Å². The maximum Gasteiger partial charge on any atom is 0.254 e. The van der Waals surface area contributed by atoms with Crippen LogP contribution in [0, 0.1) is 5.95 Å². The van der Waals surface area contributed by atoms with E-state index in [1.807, 2.05) is 0 Å². The number of ketones is 1. The zero-order valence-electron chi connectivity index (χ0n) is 5.57. The van der Waals surface area contributed by atoms with Crippen LogP contribution in [0.3, 0.4) is 0 Å². The number of rotatable bonds is 1. The molecule has 66 valence electrons. The van der Waals surface area contributed by atoms with Gasteiger partial charge in [0.25, 0.3) is 3.79 Å². The average molecular weight is 230 g/mol. The van der Waals surface area contributed by atoms with Crippen LogP contribution in [-0.2, 0) is 0 Å². The van der Waals surface area contributed by atoms with Gasteiger partial charge in [-0.05, 0) is 12.1 Å². The molecule has 0 aliphatic rings. The number of halogens is 4. The molecule has 0 amide bonds. The number of nitrogens with one attached hydrogen (secondary N) is 1. The van der Waals surface area contributed by atoms with Crippen molar-refractivity contribution in [3.63, 3.8) is 0 Å². The van der Waals surface area contributed by atoms with E-state index in [9.17, 15) is 9.18 Å². The first kappa shape index (κ1) is 9.84. The van der Waals surface area contributed by atoms with Crippen molar-refractivity contribution in [2.45, 2.75) is 3.79 Å². The lowest BCUT2D eigenvalue weighted by molar-refractivity contribution is 0.0991. The maximum atomic E-state index is 12.3. The molecule has 0 saturated heterocycles. The molecule has 1 aromatic heterocycles. The Morgan fingerprint density at radius 3 is 2.33 bits per heavy atom. The number of aromatic amines is 1. The van der Waals surface area contributed by atoms with Crippen LogP contribution < -0.4 is 0 Å². The summed E-state index contributed by atoms with van der Waals surface area (Å²) in [5, 5.41) is 0. The third-order valence-corrected chi connectivity index (χ3v) is 1.67. The fourth-order valence-corrected chi connectivity index (χ4v) is 0.959. The highest BCUT2D eigenvalue weighted by Gasteiger charge is 2.32. The Kier molecular flexibility index (Phi) is 2.66. The molecule has 0 spiro atoms. The Hall–Kier alpha value is -0.250. The first-order valence-electron chi connectivity index (χ1n) is 2.87. The fraction of sp³-hybridized carbons (Fsp3) is 0.167. The molecule has 0 unspecified atom stereocenters. The van der Waals surface area contributed by atoms with Crippen molar-refractivity contribution in [3.05, 3.63) is 23.8 Å². The highest BCUT2D eigenvalue weighted by atomic mass is 35.6. The topological polar surface area (TPSA) is 32.9 Å². The van der Waals surface area contributed by atoms with Crippen molar-refractivity contribution in [3.8, 4) is 0 Å². The average Bonchev–Trinajstić information content (AvgIpc) is 2.32. The monoisotopic (exact) mass is 229 g/mol. The molecule has 12 heavy (non-hydrogen) atoms. The normalized spacial score (nSPS) is 11.7. The lowest BCUT2D eigenvalue weighted by atomic mass is 10.3. The Balaban J connectivity index is 2.93. The predicted molar refractivity (Wildman–Crippen MR) is 45.4 cm³/mol. The van der Waals surface area contributed by atoms with Gasteiger partial charge >= 0.3 is 0 Å². The maximum absolute atomic E-state index is 12.3. The van der Waals surface area contributed by atoms with E-state index in [0.29, 0.717) is 0 Å². The van der Waals surface area contributed by atoms with Crippen LogP contribution in [0.4, 0.5) is 4.39 Å². The van der Waals surface area contributed by atoms with Crippen molar-refractivity contribution in [2.75, 3.05) is 0 Å². The molecule has 0 saturated carbocycles. The standard InChI is InChI=1S/C6H3Cl3FNO/c7-6(8,9)5(12)3-1-2-4(10)11-3/h1-2,11H. The number of Topliss-reactive ketones (excluding diaryl/α,β-unsaturated/α-hetero) is 1. The number of carbonyl (C=O) groups excluding carboxylic acids is 1. The van der Waals surface area contributed by atoms with E-state index in [1.165, 1.54) is 6.07 Å². The molecule has 0 radical (unpaired) electrons. The molecular weight excluding hydrogens is 227 g/mol. The molecule has 0 aromatic carbocycles. The molecule has 1 heterocycles. The molecule has 0 bridgehead atoms. The van der Waals surface area contributed by atoms with Crippen LogP contribution in [0.1, 0.15) is 10.5 Å². The zero-order chi connectivity index (χ0) is 9.35. The van der Waals surface area contributed by atoms with Crippen molar-refractivity contribution in [2.24, 2.45) is 0 Å². The molecular formula is C6H3Cl3FNO. The van der Waals surface area contributed by atoms with E-state index in [1.54, 1.807) is 0 Å². The van der Waals surface area contributed by atoms with Gasteiger partial charge in [-0.3, -0.25) is 4.79 Å². The van der Waals surface area contributed by atoms with Crippen molar-refractivity contribution < 1.29 is 9.18 Å². The summed E-state index contributed by atoms with van der Waals surface area (Å²) in [6.07, 6.45) is 0. The van der Waals surface area contributed by atoms with Crippen LogP contribution in [-0.4, -0.2) is 14.6 Å². The number of alkyl halides is 3. The van der Waals surface area contributed by atoms with Gasteiger partial charge in [0.15, 0.2) is 5.95 Å². The van der Waals surface area contributed by atoms with Crippen molar-refractivity contribution in [1.29, 1.82) is 0 Å². The molecule has 0 aliphatic heterocycles. The third-order valence-electron chi connectivity index (χ3n) is 1.15. The Morgan fingerprint density at radius 2 is 2.00 bits per heavy atom. The van der Waals surface area contributed by atoms with E-state index >= 15 is 0 Å². The van der Waals surface area contributed by atoms with Gasteiger partial charge in [-0.15, -0.1) is 0 Å². The molecule has 0 atom stereocenters. The van der Waals surface area contributed by atoms with Crippen LogP contribution in [0.5, 0.6) is 0 Å². The van der Waals surface area contributed by atoms with Gasteiger partial charge in [0, 0.05) is 0 Å². The first-order chi connectivity index (χ1) is 5.41. The minimum absolute atomic E-state index is 0.0625. The first-order valence-corrected chi connectivity index (χ1v) is 4.00. The SMILES string of the molecule is O=C(c1ccc(F)[nH]1)C(Cl)(Cl)Cl. The van der Waals surface area contributed by atoms with Gasteiger partial charge in [-0.25, -0.2) is 0 Å². The van der Waals surface area contributed by atoms with E-state index < -0.39 is 15.5 Å². The second-order valence-electron chi connectivity index (χ2n) is 2.05. The number of H-pyrrole nitrogens is 1. The molecule has 1 N–H and O–H groups in total. The molecule has 6 heteroatoms. The highest BCUT2D eigenvalue weighted by molar-refractivity contribution is 6.77.